The van der Waals surface area contributed by atoms with E-state index in [1.807, 2.05) is 0 Å². The molecule has 3 rings (SSSR count). The smallest absolute Gasteiger partial charge is 0.338 e. The van der Waals surface area contributed by atoms with E-state index in [9.17, 15) is 18.0 Å². The molecule has 0 radical (unpaired) electrons. The fourth-order valence-corrected chi connectivity index (χ4v) is 2.43. The molecule has 2 aromatic rings. The van der Waals surface area contributed by atoms with E-state index in [-0.39, 0.29) is 11.9 Å². The van der Waals surface area contributed by atoms with Gasteiger partial charge in [-0.3, -0.25) is 4.79 Å². The Balaban J connectivity index is 1.76. The molecule has 1 heterocycles. The molecule has 1 aliphatic rings. The first kappa shape index (κ1) is 15.6. The summed E-state index contributed by atoms with van der Waals surface area (Å²) in [4.78, 5) is 21.2. The van der Waals surface area contributed by atoms with Crippen LogP contribution in [-0.2, 0) is 12.7 Å². The first-order chi connectivity index (χ1) is 10.8. The second-order valence-electron chi connectivity index (χ2n) is 5.74. The Morgan fingerprint density at radius 1 is 1.30 bits per heavy atom. The van der Waals surface area contributed by atoms with Gasteiger partial charge in [-0.2, -0.15) is 13.2 Å². The minimum absolute atomic E-state index is 0.147. The normalized spacial score (nSPS) is 14.8. The van der Waals surface area contributed by atoms with Crippen molar-refractivity contribution in [3.05, 3.63) is 53.1 Å². The molecule has 0 bridgehead atoms. The van der Waals surface area contributed by atoms with Crippen LogP contribution in [0, 0.1) is 6.92 Å². The third-order valence-corrected chi connectivity index (χ3v) is 3.82. The molecular formula is C16H16F3N3O. The average molecular weight is 323 g/mol. The number of imidazole rings is 1. The zero-order valence-corrected chi connectivity index (χ0v) is 12.5. The Bertz CT molecular complexity index is 702. The van der Waals surface area contributed by atoms with Crippen LogP contribution in [-0.4, -0.2) is 26.8 Å². The summed E-state index contributed by atoms with van der Waals surface area (Å²) in [7, 11) is 0. The number of nitrogens with one attached hydrogen (secondary N) is 1. The molecule has 122 valence electrons. The van der Waals surface area contributed by atoms with Crippen LogP contribution in [0.2, 0.25) is 0 Å². The minimum Gasteiger partial charge on any atom is -0.338 e. The minimum atomic E-state index is -4.35. The van der Waals surface area contributed by atoms with Gasteiger partial charge in [0.1, 0.15) is 11.5 Å². The summed E-state index contributed by atoms with van der Waals surface area (Å²) in [5.41, 5.74) is 0.394. The predicted octanol–water partition coefficient (Wildman–Crippen LogP) is 3.54. The summed E-state index contributed by atoms with van der Waals surface area (Å²) >= 11 is 0. The van der Waals surface area contributed by atoms with Crippen LogP contribution in [0.5, 0.6) is 0 Å². The molecule has 0 unspecified atom stereocenters. The summed E-state index contributed by atoms with van der Waals surface area (Å²) in [5.74, 6) is 0.478. The standard InChI is InChI=1S/C16H16F3N3O/c1-10-20-8-14(21-10)15(23)22(13-6-7-13)9-11-2-4-12(5-3-11)16(17,18)19/h2-5,8,13H,6-7,9H2,1H3,(H,20,21). The number of aromatic nitrogens is 2. The number of alkyl halides is 3. The van der Waals surface area contributed by atoms with Gasteiger partial charge in [-0.15, -0.1) is 0 Å². The second-order valence-corrected chi connectivity index (χ2v) is 5.74. The highest BCUT2D eigenvalue weighted by Gasteiger charge is 2.34. The molecule has 1 aliphatic carbocycles. The zero-order valence-electron chi connectivity index (χ0n) is 12.5. The molecule has 1 amide bonds. The van der Waals surface area contributed by atoms with Crippen LogP contribution in [0.1, 0.15) is 40.3 Å². The Labute approximate surface area is 131 Å². The number of H-pyrrole nitrogens is 1. The maximum Gasteiger partial charge on any atom is 0.416 e. The number of nitrogens with zero attached hydrogens (tertiary/aromatic N) is 2. The van der Waals surface area contributed by atoms with Crippen LogP contribution >= 0.6 is 0 Å². The van der Waals surface area contributed by atoms with Crippen LogP contribution < -0.4 is 0 Å². The average Bonchev–Trinajstić information content (AvgIpc) is 3.25. The lowest BCUT2D eigenvalue weighted by atomic mass is 10.1. The Morgan fingerprint density at radius 3 is 2.43 bits per heavy atom. The summed E-state index contributed by atoms with van der Waals surface area (Å²) in [6.07, 6.45) is -1.03. The van der Waals surface area contributed by atoms with Gasteiger partial charge in [-0.25, -0.2) is 4.98 Å². The zero-order chi connectivity index (χ0) is 16.6. The Kier molecular flexibility index (Phi) is 3.87. The quantitative estimate of drug-likeness (QED) is 0.935. The first-order valence-corrected chi connectivity index (χ1v) is 7.33. The molecule has 7 heteroatoms. The maximum atomic E-state index is 12.6. The number of benzene rings is 1. The van der Waals surface area contributed by atoms with Crippen LogP contribution in [0.25, 0.3) is 0 Å². The molecule has 1 aromatic heterocycles. The molecule has 0 saturated heterocycles. The van der Waals surface area contributed by atoms with Gasteiger partial charge in [0.25, 0.3) is 5.91 Å². The molecule has 0 spiro atoms. The highest BCUT2D eigenvalue weighted by atomic mass is 19.4. The van der Waals surface area contributed by atoms with Gasteiger partial charge >= 0.3 is 6.18 Å². The van der Waals surface area contributed by atoms with Gasteiger partial charge < -0.3 is 9.88 Å². The summed E-state index contributed by atoms with van der Waals surface area (Å²) in [5, 5.41) is 0. The molecule has 0 atom stereocenters. The van der Waals surface area contributed by atoms with Crippen molar-refractivity contribution in [3.8, 4) is 0 Å². The third-order valence-electron chi connectivity index (χ3n) is 3.82. The van der Waals surface area contributed by atoms with E-state index in [2.05, 4.69) is 9.97 Å². The van der Waals surface area contributed by atoms with E-state index in [0.717, 1.165) is 25.0 Å². The van der Waals surface area contributed by atoms with Gasteiger partial charge in [0, 0.05) is 12.6 Å². The Morgan fingerprint density at radius 2 is 1.96 bits per heavy atom. The summed E-state index contributed by atoms with van der Waals surface area (Å²) in [6.45, 7) is 2.05. The highest BCUT2D eigenvalue weighted by molar-refractivity contribution is 5.92. The lowest BCUT2D eigenvalue weighted by Gasteiger charge is -2.22. The summed E-state index contributed by atoms with van der Waals surface area (Å²) in [6, 6.07) is 5.08. The number of carbonyl (C=O) groups excluding carboxylic acids is 1. The number of carbonyl (C=O) groups is 1. The number of halogens is 3. The summed E-state index contributed by atoms with van der Waals surface area (Å²) < 4.78 is 37.8. The van der Waals surface area contributed by atoms with Crippen LogP contribution in [0.4, 0.5) is 13.2 Å². The van der Waals surface area contributed by atoms with Gasteiger partial charge in [0.05, 0.1) is 11.8 Å². The molecule has 4 nitrogen and oxygen atoms in total. The van der Waals surface area contributed by atoms with Crippen LogP contribution in [0.3, 0.4) is 0 Å². The number of rotatable bonds is 4. The van der Waals surface area contributed by atoms with Crippen molar-refractivity contribution in [2.45, 2.75) is 38.5 Å². The van der Waals surface area contributed by atoms with E-state index >= 15 is 0 Å². The van der Waals surface area contributed by atoms with Crippen molar-refractivity contribution in [2.24, 2.45) is 0 Å². The lowest BCUT2D eigenvalue weighted by Crippen LogP contribution is -2.32. The highest BCUT2D eigenvalue weighted by Crippen LogP contribution is 2.31. The van der Waals surface area contributed by atoms with Crippen molar-refractivity contribution in [1.29, 1.82) is 0 Å². The topological polar surface area (TPSA) is 49.0 Å². The number of hydrogen-bond donors (Lipinski definition) is 1. The van der Waals surface area contributed by atoms with Crippen molar-refractivity contribution in [3.63, 3.8) is 0 Å². The lowest BCUT2D eigenvalue weighted by molar-refractivity contribution is -0.137. The SMILES string of the molecule is Cc1ncc(C(=O)N(Cc2ccc(C(F)(F)F)cc2)C2CC2)[nH]1. The van der Waals surface area contributed by atoms with Crippen molar-refractivity contribution >= 4 is 5.91 Å². The largest absolute Gasteiger partial charge is 0.416 e. The molecule has 0 aliphatic heterocycles. The van der Waals surface area contributed by atoms with E-state index in [1.165, 1.54) is 18.3 Å². The van der Waals surface area contributed by atoms with E-state index in [1.54, 1.807) is 11.8 Å². The van der Waals surface area contributed by atoms with Gasteiger partial charge in [-0.1, -0.05) is 12.1 Å². The number of aromatic amines is 1. The predicted molar refractivity (Wildman–Crippen MR) is 77.7 cm³/mol. The second kappa shape index (κ2) is 5.72. The van der Waals surface area contributed by atoms with Gasteiger partial charge in [-0.05, 0) is 37.5 Å². The van der Waals surface area contributed by atoms with Gasteiger partial charge in [0.2, 0.25) is 0 Å². The third kappa shape index (κ3) is 3.55. The Hall–Kier alpha value is -2.31. The van der Waals surface area contributed by atoms with E-state index in [0.29, 0.717) is 23.6 Å². The van der Waals surface area contributed by atoms with E-state index in [4.69, 9.17) is 0 Å². The monoisotopic (exact) mass is 323 g/mol. The molecule has 1 aromatic carbocycles. The van der Waals surface area contributed by atoms with Crippen molar-refractivity contribution < 1.29 is 18.0 Å². The van der Waals surface area contributed by atoms with Crippen molar-refractivity contribution in [2.75, 3.05) is 0 Å². The molecule has 23 heavy (non-hydrogen) atoms. The number of hydrogen-bond acceptors (Lipinski definition) is 2. The fourth-order valence-electron chi connectivity index (χ4n) is 2.43. The fraction of sp³-hybridized carbons (Fsp3) is 0.375. The molecule has 1 saturated carbocycles. The van der Waals surface area contributed by atoms with Crippen LogP contribution in [0.15, 0.2) is 30.5 Å². The molecule has 1 N–H and O–H groups in total. The molecule has 1 fully saturated rings. The van der Waals surface area contributed by atoms with Crippen molar-refractivity contribution in [1.82, 2.24) is 14.9 Å². The first-order valence-electron chi connectivity index (χ1n) is 7.33. The maximum absolute atomic E-state index is 12.6. The molecular weight excluding hydrogens is 307 g/mol. The number of aryl methyl sites for hydroxylation is 1. The number of amides is 1. The van der Waals surface area contributed by atoms with E-state index < -0.39 is 11.7 Å². The van der Waals surface area contributed by atoms with Gasteiger partial charge in [0.15, 0.2) is 0 Å².